The SMILES string of the molecule is CC(=O)c1c(C)nn(CC(=O)N2CCCC[C@@H]2c2ccccn2)c1C. The second-order valence-electron chi connectivity index (χ2n) is 6.61. The molecule has 3 rings (SSSR count). The summed E-state index contributed by atoms with van der Waals surface area (Å²) in [5.74, 6) is 0.00842. The maximum absolute atomic E-state index is 12.9. The Morgan fingerprint density at radius 3 is 2.68 bits per heavy atom. The summed E-state index contributed by atoms with van der Waals surface area (Å²) < 4.78 is 1.65. The Balaban J connectivity index is 1.82. The van der Waals surface area contributed by atoms with E-state index in [1.54, 1.807) is 10.9 Å². The molecule has 0 aliphatic carbocycles. The van der Waals surface area contributed by atoms with Gasteiger partial charge in [0, 0.05) is 18.4 Å². The first-order valence-electron chi connectivity index (χ1n) is 8.74. The normalized spacial score (nSPS) is 17.6. The highest BCUT2D eigenvalue weighted by molar-refractivity contribution is 5.96. The van der Waals surface area contributed by atoms with Gasteiger partial charge in [-0.3, -0.25) is 19.3 Å². The molecule has 2 aromatic heterocycles. The molecule has 1 aliphatic heterocycles. The first-order valence-corrected chi connectivity index (χ1v) is 8.74. The second kappa shape index (κ2) is 7.17. The quantitative estimate of drug-likeness (QED) is 0.803. The highest BCUT2D eigenvalue weighted by Gasteiger charge is 2.29. The fraction of sp³-hybridized carbons (Fsp3) is 0.474. The van der Waals surface area contributed by atoms with Crippen LogP contribution in [0.4, 0.5) is 0 Å². The Bertz CT molecular complexity index is 782. The summed E-state index contributed by atoms with van der Waals surface area (Å²) in [7, 11) is 0. The minimum absolute atomic E-state index is 0.0157. The largest absolute Gasteiger partial charge is 0.332 e. The molecule has 6 nitrogen and oxygen atoms in total. The van der Waals surface area contributed by atoms with E-state index in [0.717, 1.165) is 37.2 Å². The van der Waals surface area contributed by atoms with Gasteiger partial charge in [-0.25, -0.2) is 0 Å². The number of rotatable bonds is 4. The van der Waals surface area contributed by atoms with Crippen molar-refractivity contribution in [3.05, 3.63) is 47.0 Å². The monoisotopic (exact) mass is 340 g/mol. The zero-order valence-corrected chi connectivity index (χ0v) is 15.0. The Morgan fingerprint density at radius 2 is 2.04 bits per heavy atom. The highest BCUT2D eigenvalue weighted by Crippen LogP contribution is 2.30. The molecule has 0 unspecified atom stereocenters. The summed E-state index contributed by atoms with van der Waals surface area (Å²) in [4.78, 5) is 31.1. The third kappa shape index (κ3) is 3.48. The van der Waals surface area contributed by atoms with E-state index in [2.05, 4.69) is 10.1 Å². The number of amides is 1. The van der Waals surface area contributed by atoms with Crippen molar-refractivity contribution in [3.63, 3.8) is 0 Å². The van der Waals surface area contributed by atoms with E-state index in [1.165, 1.54) is 6.92 Å². The predicted octanol–water partition coefficient (Wildman–Crippen LogP) is 2.85. The van der Waals surface area contributed by atoms with Crippen LogP contribution in [-0.2, 0) is 11.3 Å². The number of hydrogen-bond donors (Lipinski definition) is 0. The van der Waals surface area contributed by atoms with Crippen molar-refractivity contribution in [3.8, 4) is 0 Å². The molecule has 1 atom stereocenters. The van der Waals surface area contributed by atoms with Gasteiger partial charge in [0.15, 0.2) is 5.78 Å². The zero-order chi connectivity index (χ0) is 18.0. The molecule has 0 spiro atoms. The maximum atomic E-state index is 12.9. The Hall–Kier alpha value is -2.50. The van der Waals surface area contributed by atoms with Gasteiger partial charge in [-0.2, -0.15) is 5.10 Å². The van der Waals surface area contributed by atoms with Crippen molar-refractivity contribution >= 4 is 11.7 Å². The number of aryl methyl sites for hydroxylation is 1. The van der Waals surface area contributed by atoms with Gasteiger partial charge in [0.1, 0.15) is 6.54 Å². The van der Waals surface area contributed by atoms with Gasteiger partial charge in [-0.05, 0) is 52.2 Å². The van der Waals surface area contributed by atoms with Gasteiger partial charge in [0.2, 0.25) is 5.91 Å². The smallest absolute Gasteiger partial charge is 0.244 e. The van der Waals surface area contributed by atoms with Crippen LogP contribution in [-0.4, -0.2) is 37.9 Å². The number of pyridine rings is 1. The predicted molar refractivity (Wildman–Crippen MR) is 94.2 cm³/mol. The van der Waals surface area contributed by atoms with E-state index in [9.17, 15) is 9.59 Å². The molecule has 0 bridgehead atoms. The van der Waals surface area contributed by atoms with Gasteiger partial charge in [-0.15, -0.1) is 0 Å². The van der Waals surface area contributed by atoms with Crippen LogP contribution in [0.2, 0.25) is 0 Å². The molecule has 3 heterocycles. The summed E-state index contributed by atoms with van der Waals surface area (Å²) in [6.07, 6.45) is 4.80. The van der Waals surface area contributed by atoms with E-state index in [4.69, 9.17) is 0 Å². The summed E-state index contributed by atoms with van der Waals surface area (Å²) >= 11 is 0. The number of carbonyl (C=O) groups excluding carboxylic acids is 2. The fourth-order valence-corrected chi connectivity index (χ4v) is 3.69. The maximum Gasteiger partial charge on any atom is 0.244 e. The minimum Gasteiger partial charge on any atom is -0.332 e. The third-order valence-electron chi connectivity index (χ3n) is 4.87. The summed E-state index contributed by atoms with van der Waals surface area (Å²) in [5.41, 5.74) is 2.99. The van der Waals surface area contributed by atoms with Crippen LogP contribution < -0.4 is 0 Å². The number of carbonyl (C=O) groups is 2. The molecule has 0 aromatic carbocycles. The van der Waals surface area contributed by atoms with Crippen LogP contribution >= 0.6 is 0 Å². The number of aromatic nitrogens is 3. The summed E-state index contributed by atoms with van der Waals surface area (Å²) in [5, 5.41) is 4.40. The molecule has 0 saturated carbocycles. The lowest BCUT2D eigenvalue weighted by molar-refractivity contribution is -0.136. The van der Waals surface area contributed by atoms with Gasteiger partial charge in [-0.1, -0.05) is 6.07 Å². The van der Waals surface area contributed by atoms with Gasteiger partial charge < -0.3 is 4.90 Å². The molecule has 25 heavy (non-hydrogen) atoms. The lowest BCUT2D eigenvalue weighted by atomic mass is 9.98. The highest BCUT2D eigenvalue weighted by atomic mass is 16.2. The molecule has 2 aromatic rings. The van der Waals surface area contributed by atoms with E-state index < -0.39 is 0 Å². The topological polar surface area (TPSA) is 68.1 Å². The Morgan fingerprint density at radius 1 is 1.24 bits per heavy atom. The molecular weight excluding hydrogens is 316 g/mol. The van der Waals surface area contributed by atoms with Gasteiger partial charge >= 0.3 is 0 Å². The molecule has 1 aliphatic rings. The molecular formula is C19H24N4O2. The average molecular weight is 340 g/mol. The molecule has 1 fully saturated rings. The van der Waals surface area contributed by atoms with E-state index in [1.807, 2.05) is 36.9 Å². The van der Waals surface area contributed by atoms with Crippen molar-refractivity contribution in [1.82, 2.24) is 19.7 Å². The zero-order valence-electron chi connectivity index (χ0n) is 15.0. The van der Waals surface area contributed by atoms with E-state index in [-0.39, 0.29) is 24.3 Å². The van der Waals surface area contributed by atoms with Crippen molar-refractivity contribution in [2.24, 2.45) is 0 Å². The molecule has 1 amide bonds. The van der Waals surface area contributed by atoms with Gasteiger partial charge in [0.25, 0.3) is 0 Å². The second-order valence-corrected chi connectivity index (χ2v) is 6.61. The number of Topliss-reactive ketones (excluding diaryl/α,β-unsaturated/α-hetero) is 1. The number of hydrogen-bond acceptors (Lipinski definition) is 4. The first kappa shape index (κ1) is 17.3. The average Bonchev–Trinajstić information content (AvgIpc) is 2.89. The van der Waals surface area contributed by atoms with Crippen molar-refractivity contribution in [2.45, 2.75) is 52.6 Å². The van der Waals surface area contributed by atoms with Crippen LogP contribution in [0, 0.1) is 13.8 Å². The number of nitrogens with zero attached hydrogens (tertiary/aromatic N) is 4. The molecule has 0 radical (unpaired) electrons. The first-order chi connectivity index (χ1) is 12.0. The number of ketones is 1. The van der Waals surface area contributed by atoms with Crippen LogP contribution in [0.3, 0.4) is 0 Å². The van der Waals surface area contributed by atoms with Crippen LogP contribution in [0.1, 0.15) is 59.7 Å². The lowest BCUT2D eigenvalue weighted by Crippen LogP contribution is -2.40. The lowest BCUT2D eigenvalue weighted by Gasteiger charge is -2.35. The minimum atomic E-state index is -0.0157. The third-order valence-corrected chi connectivity index (χ3v) is 4.87. The van der Waals surface area contributed by atoms with Gasteiger partial charge in [0.05, 0.1) is 23.0 Å². The molecule has 6 heteroatoms. The number of likely N-dealkylation sites (tertiary alicyclic amines) is 1. The van der Waals surface area contributed by atoms with Crippen molar-refractivity contribution in [2.75, 3.05) is 6.54 Å². The Labute approximate surface area is 147 Å². The number of piperidine rings is 1. The summed E-state index contributed by atoms with van der Waals surface area (Å²) in [6.45, 7) is 6.08. The van der Waals surface area contributed by atoms with Crippen LogP contribution in [0.25, 0.3) is 0 Å². The molecule has 132 valence electrons. The summed E-state index contributed by atoms with van der Waals surface area (Å²) in [6, 6.07) is 5.84. The molecule has 0 N–H and O–H groups in total. The fourth-order valence-electron chi connectivity index (χ4n) is 3.69. The van der Waals surface area contributed by atoms with Crippen LogP contribution in [0.5, 0.6) is 0 Å². The molecule has 1 saturated heterocycles. The Kier molecular flexibility index (Phi) is 4.97. The van der Waals surface area contributed by atoms with Crippen molar-refractivity contribution < 1.29 is 9.59 Å². The van der Waals surface area contributed by atoms with E-state index >= 15 is 0 Å². The standard InChI is InChI=1S/C19H24N4O2/c1-13-19(15(3)24)14(2)23(21-13)12-18(25)22-11-7-5-9-17(22)16-8-4-6-10-20-16/h4,6,8,10,17H,5,7,9,11-12H2,1-3H3/t17-/m1/s1. The van der Waals surface area contributed by atoms with Crippen molar-refractivity contribution in [1.29, 1.82) is 0 Å². The van der Waals surface area contributed by atoms with Crippen LogP contribution in [0.15, 0.2) is 24.4 Å². The van der Waals surface area contributed by atoms with E-state index in [0.29, 0.717) is 11.3 Å².